The zero-order chi connectivity index (χ0) is 21.3. The van der Waals surface area contributed by atoms with Crippen molar-refractivity contribution in [3.05, 3.63) is 35.9 Å². The largest absolute Gasteiger partial charge is 0.453 e. The number of piperidine rings is 1. The summed E-state index contributed by atoms with van der Waals surface area (Å²) < 4.78 is 4.86. The number of carbonyl (C=O) groups is 2. The molecule has 0 unspecified atom stereocenters. The second-order valence-electron chi connectivity index (χ2n) is 9.30. The second-order valence-corrected chi connectivity index (χ2v) is 9.30. The Kier molecular flexibility index (Phi) is 6.02. The maximum absolute atomic E-state index is 12.5. The van der Waals surface area contributed by atoms with Gasteiger partial charge in [-0.3, -0.25) is 9.69 Å². The van der Waals surface area contributed by atoms with Crippen LogP contribution in [-0.2, 0) is 9.53 Å². The number of methoxy groups -OCH3 is 1. The third-order valence-corrected chi connectivity index (χ3v) is 7.02. The molecule has 2 saturated heterocycles. The van der Waals surface area contributed by atoms with E-state index in [9.17, 15) is 9.59 Å². The molecule has 2 heterocycles. The number of carbonyl (C=O) groups excluding carboxylic acids is 2. The number of hydrogen-bond donors (Lipinski definition) is 1. The normalized spacial score (nSPS) is 26.0. The number of rotatable bonds is 6. The summed E-state index contributed by atoms with van der Waals surface area (Å²) in [6.45, 7) is 3.04. The number of nitrogens with one attached hydrogen (secondary N) is 1. The van der Waals surface area contributed by atoms with Crippen LogP contribution in [0.25, 0.3) is 0 Å². The van der Waals surface area contributed by atoms with Crippen molar-refractivity contribution in [1.29, 1.82) is 0 Å². The predicted octanol–water partition coefficient (Wildman–Crippen LogP) is 1.90. The zero-order valence-electron chi connectivity index (χ0n) is 18.3. The average Bonchev–Trinajstić information content (AvgIpc) is 3.50. The second kappa shape index (κ2) is 8.55. The van der Waals surface area contributed by atoms with Crippen molar-refractivity contribution in [1.82, 2.24) is 20.0 Å². The Morgan fingerprint density at radius 3 is 2.43 bits per heavy atom. The molecule has 2 atom stereocenters. The van der Waals surface area contributed by atoms with E-state index in [2.05, 4.69) is 40.5 Å². The van der Waals surface area contributed by atoms with E-state index in [1.165, 1.54) is 19.1 Å². The Morgan fingerprint density at radius 1 is 1.17 bits per heavy atom. The summed E-state index contributed by atoms with van der Waals surface area (Å²) in [6, 6.07) is 11.9. The number of nitrogens with zero attached hydrogens (tertiary/aromatic N) is 3. The highest BCUT2D eigenvalue weighted by atomic mass is 16.5. The summed E-state index contributed by atoms with van der Waals surface area (Å²) >= 11 is 0. The van der Waals surface area contributed by atoms with E-state index >= 15 is 0 Å². The summed E-state index contributed by atoms with van der Waals surface area (Å²) in [5.74, 6) is 0.761. The van der Waals surface area contributed by atoms with Gasteiger partial charge in [0.05, 0.1) is 12.6 Å². The van der Waals surface area contributed by atoms with Gasteiger partial charge in [0.15, 0.2) is 0 Å². The fourth-order valence-electron chi connectivity index (χ4n) is 5.06. The molecule has 7 heteroatoms. The van der Waals surface area contributed by atoms with Crippen LogP contribution in [0.4, 0.5) is 4.79 Å². The lowest BCUT2D eigenvalue weighted by molar-refractivity contribution is -0.137. The van der Waals surface area contributed by atoms with Crippen LogP contribution < -0.4 is 5.32 Å². The number of amides is 2. The highest BCUT2D eigenvalue weighted by Gasteiger charge is 2.52. The molecule has 1 aromatic carbocycles. The van der Waals surface area contributed by atoms with Crippen LogP contribution in [0, 0.1) is 0 Å². The summed E-state index contributed by atoms with van der Waals surface area (Å²) in [7, 11) is 4.99. The first-order valence-electron chi connectivity index (χ1n) is 11.0. The third kappa shape index (κ3) is 4.32. The zero-order valence-corrected chi connectivity index (χ0v) is 18.3. The van der Waals surface area contributed by atoms with Crippen molar-refractivity contribution in [2.24, 2.45) is 0 Å². The van der Waals surface area contributed by atoms with Crippen molar-refractivity contribution in [2.45, 2.75) is 49.2 Å². The van der Waals surface area contributed by atoms with Crippen molar-refractivity contribution in [2.75, 3.05) is 47.4 Å². The Morgan fingerprint density at radius 2 is 1.83 bits per heavy atom. The van der Waals surface area contributed by atoms with Gasteiger partial charge in [-0.15, -0.1) is 0 Å². The smallest absolute Gasteiger partial charge is 0.409 e. The van der Waals surface area contributed by atoms with Gasteiger partial charge in [-0.2, -0.15) is 0 Å². The van der Waals surface area contributed by atoms with Crippen LogP contribution in [0.3, 0.4) is 0 Å². The van der Waals surface area contributed by atoms with E-state index in [0.29, 0.717) is 37.5 Å². The molecular weight excluding hydrogens is 380 g/mol. The third-order valence-electron chi connectivity index (χ3n) is 7.02. The Balaban J connectivity index is 1.31. The lowest BCUT2D eigenvalue weighted by Gasteiger charge is -2.56. The predicted molar refractivity (Wildman–Crippen MR) is 115 cm³/mol. The minimum Gasteiger partial charge on any atom is -0.453 e. The van der Waals surface area contributed by atoms with E-state index in [1.54, 1.807) is 23.9 Å². The minimum absolute atomic E-state index is 0.114. The monoisotopic (exact) mass is 414 g/mol. The quantitative estimate of drug-likeness (QED) is 0.770. The molecule has 1 N–H and O–H groups in total. The van der Waals surface area contributed by atoms with Crippen LogP contribution in [0.15, 0.2) is 30.3 Å². The lowest BCUT2D eigenvalue weighted by Crippen LogP contribution is -2.73. The van der Waals surface area contributed by atoms with Gasteiger partial charge in [0.25, 0.3) is 0 Å². The van der Waals surface area contributed by atoms with Gasteiger partial charge in [-0.05, 0) is 24.8 Å². The van der Waals surface area contributed by atoms with E-state index in [1.807, 2.05) is 0 Å². The Labute approximate surface area is 179 Å². The molecule has 0 radical (unpaired) electrons. The summed E-state index contributed by atoms with van der Waals surface area (Å²) in [4.78, 5) is 30.2. The molecule has 3 aliphatic rings. The summed E-state index contributed by atoms with van der Waals surface area (Å²) in [5, 5.41) is 3.86. The van der Waals surface area contributed by atoms with E-state index in [0.717, 1.165) is 25.9 Å². The molecule has 1 saturated carbocycles. The van der Waals surface area contributed by atoms with Crippen molar-refractivity contribution in [3.63, 3.8) is 0 Å². The number of hydrogen-bond acceptors (Lipinski definition) is 5. The molecule has 1 aromatic rings. The van der Waals surface area contributed by atoms with Crippen molar-refractivity contribution >= 4 is 12.0 Å². The first-order chi connectivity index (χ1) is 14.4. The Bertz CT molecular complexity index is 755. The molecular formula is C23H34N4O3. The van der Waals surface area contributed by atoms with Crippen LogP contribution in [-0.4, -0.2) is 91.7 Å². The first-order valence-corrected chi connectivity index (χ1v) is 11.0. The molecule has 2 amide bonds. The molecule has 2 aliphatic heterocycles. The van der Waals surface area contributed by atoms with Gasteiger partial charge in [-0.1, -0.05) is 30.3 Å². The highest BCUT2D eigenvalue weighted by Crippen LogP contribution is 2.42. The minimum atomic E-state index is -0.305. The maximum atomic E-state index is 12.5. The van der Waals surface area contributed by atoms with E-state index in [4.69, 9.17) is 4.74 Å². The highest BCUT2D eigenvalue weighted by molar-refractivity contribution is 5.78. The van der Waals surface area contributed by atoms with Crippen LogP contribution in [0.2, 0.25) is 0 Å². The molecule has 4 rings (SSSR count). The van der Waals surface area contributed by atoms with Crippen LogP contribution in [0.1, 0.15) is 37.2 Å². The molecule has 0 bridgehead atoms. The molecule has 30 heavy (non-hydrogen) atoms. The lowest BCUT2D eigenvalue weighted by atomic mass is 9.82. The van der Waals surface area contributed by atoms with E-state index in [-0.39, 0.29) is 17.5 Å². The average molecular weight is 415 g/mol. The van der Waals surface area contributed by atoms with Gasteiger partial charge in [0.1, 0.15) is 0 Å². The van der Waals surface area contributed by atoms with Gasteiger partial charge < -0.3 is 19.9 Å². The first kappa shape index (κ1) is 21.1. The Hall–Kier alpha value is -2.12. The fraction of sp³-hybridized carbons (Fsp3) is 0.652. The summed E-state index contributed by atoms with van der Waals surface area (Å²) in [6.07, 6.45) is 3.52. The molecule has 3 fully saturated rings. The van der Waals surface area contributed by atoms with Crippen molar-refractivity contribution < 1.29 is 14.3 Å². The molecule has 164 valence electrons. The van der Waals surface area contributed by atoms with Gasteiger partial charge in [0, 0.05) is 64.7 Å². The van der Waals surface area contributed by atoms with Crippen LogP contribution in [0.5, 0.6) is 0 Å². The molecule has 7 nitrogen and oxygen atoms in total. The van der Waals surface area contributed by atoms with E-state index < -0.39 is 0 Å². The SMILES string of the molecule is COC(=O)N1CC(CC(=O)N(C)C)(N2CCC(N[C@@H]3C[C@H]3c3ccccc3)CC2)C1. The molecule has 0 aromatic heterocycles. The molecule has 0 spiro atoms. The number of likely N-dealkylation sites (tertiary alicyclic amines) is 2. The maximum Gasteiger partial charge on any atom is 0.409 e. The summed E-state index contributed by atoms with van der Waals surface area (Å²) in [5.41, 5.74) is 1.18. The fourth-order valence-corrected chi connectivity index (χ4v) is 5.06. The van der Waals surface area contributed by atoms with Crippen LogP contribution >= 0.6 is 0 Å². The van der Waals surface area contributed by atoms with Gasteiger partial charge in [-0.25, -0.2) is 4.79 Å². The topological polar surface area (TPSA) is 65.1 Å². The number of benzene rings is 1. The van der Waals surface area contributed by atoms with Crippen molar-refractivity contribution in [3.8, 4) is 0 Å². The number of ether oxygens (including phenoxy) is 1. The molecule has 1 aliphatic carbocycles. The van der Waals surface area contributed by atoms with Gasteiger partial charge >= 0.3 is 6.09 Å². The van der Waals surface area contributed by atoms with Gasteiger partial charge in [0.2, 0.25) is 5.91 Å². The standard InChI is InChI=1S/C23H34N4O3/c1-25(2)21(28)14-23(15-26(16-23)22(29)30-3)27-11-9-18(10-12-27)24-20-13-19(20)17-7-5-4-6-8-17/h4-8,18-20,24H,9-16H2,1-3H3/t19-,20+/m0/s1.